The maximum absolute atomic E-state index is 11.6. The zero-order chi connectivity index (χ0) is 13.1. The minimum atomic E-state index is -1.05. The van der Waals surface area contributed by atoms with Crippen molar-refractivity contribution in [3.8, 4) is 0 Å². The van der Waals surface area contributed by atoms with E-state index < -0.39 is 23.3 Å². The van der Waals surface area contributed by atoms with E-state index in [1.165, 1.54) is 17.3 Å². The Morgan fingerprint density at radius 2 is 2.12 bits per heavy atom. The van der Waals surface area contributed by atoms with Gasteiger partial charge in [0.15, 0.2) is 0 Å². The molecule has 7 nitrogen and oxygen atoms in total. The molecule has 0 fully saturated rings. The van der Waals surface area contributed by atoms with Crippen LogP contribution >= 0.6 is 0 Å². The van der Waals surface area contributed by atoms with Crippen LogP contribution in [0.15, 0.2) is 12.7 Å². The van der Waals surface area contributed by atoms with E-state index in [1.807, 2.05) is 0 Å². The van der Waals surface area contributed by atoms with Crippen LogP contribution in [-0.2, 0) is 16.1 Å². The molecule has 1 aromatic rings. The minimum Gasteiger partial charge on any atom is -0.480 e. The summed E-state index contributed by atoms with van der Waals surface area (Å²) in [5.74, 6) is -1.46. The molecule has 0 aliphatic rings. The van der Waals surface area contributed by atoms with E-state index in [9.17, 15) is 9.59 Å². The number of carbonyl (C=O) groups excluding carboxylic acids is 1. The first-order chi connectivity index (χ1) is 7.80. The molecule has 1 amide bonds. The molecule has 0 spiro atoms. The van der Waals surface area contributed by atoms with E-state index >= 15 is 0 Å². The lowest BCUT2D eigenvalue weighted by Crippen LogP contribution is -2.50. The molecule has 1 heterocycles. The van der Waals surface area contributed by atoms with Gasteiger partial charge in [-0.1, -0.05) is 20.8 Å². The molecule has 0 saturated carbocycles. The largest absolute Gasteiger partial charge is 0.480 e. The fourth-order valence-corrected chi connectivity index (χ4v) is 1.32. The van der Waals surface area contributed by atoms with Crippen molar-refractivity contribution in [3.63, 3.8) is 0 Å². The van der Waals surface area contributed by atoms with Crippen LogP contribution in [-0.4, -0.2) is 37.8 Å². The lowest BCUT2D eigenvalue weighted by Gasteiger charge is -2.27. The Morgan fingerprint density at radius 1 is 1.47 bits per heavy atom. The molecule has 1 atom stereocenters. The Balaban J connectivity index is 2.62. The summed E-state index contributed by atoms with van der Waals surface area (Å²) in [5.41, 5.74) is -0.552. The Kier molecular flexibility index (Phi) is 3.82. The molecule has 0 aliphatic carbocycles. The van der Waals surface area contributed by atoms with Gasteiger partial charge in [-0.3, -0.25) is 4.79 Å². The number of aromatic nitrogens is 3. The van der Waals surface area contributed by atoms with Crippen molar-refractivity contribution in [2.75, 3.05) is 0 Å². The van der Waals surface area contributed by atoms with Gasteiger partial charge in [0.2, 0.25) is 5.91 Å². The van der Waals surface area contributed by atoms with Crippen molar-refractivity contribution in [2.24, 2.45) is 5.41 Å². The van der Waals surface area contributed by atoms with E-state index in [2.05, 4.69) is 15.4 Å². The highest BCUT2D eigenvalue weighted by atomic mass is 16.4. The average molecular weight is 240 g/mol. The third kappa shape index (κ3) is 3.86. The number of nitrogens with zero attached hydrogens (tertiary/aromatic N) is 3. The number of hydrogen-bond donors (Lipinski definition) is 2. The molecule has 0 radical (unpaired) electrons. The van der Waals surface area contributed by atoms with Gasteiger partial charge >= 0.3 is 5.97 Å². The molecule has 0 aliphatic heterocycles. The smallest absolute Gasteiger partial charge is 0.326 e. The number of rotatable bonds is 4. The first-order valence-electron chi connectivity index (χ1n) is 5.15. The van der Waals surface area contributed by atoms with Crippen molar-refractivity contribution in [2.45, 2.75) is 33.4 Å². The maximum atomic E-state index is 11.6. The second-order valence-corrected chi connectivity index (χ2v) is 4.80. The molecule has 0 aromatic carbocycles. The van der Waals surface area contributed by atoms with Gasteiger partial charge in [0.25, 0.3) is 0 Å². The normalized spacial score (nSPS) is 13.1. The molecule has 1 rings (SSSR count). The van der Waals surface area contributed by atoms with Gasteiger partial charge in [-0.2, -0.15) is 5.10 Å². The van der Waals surface area contributed by atoms with Gasteiger partial charge in [-0.05, 0) is 5.41 Å². The van der Waals surface area contributed by atoms with Crippen LogP contribution in [0.5, 0.6) is 0 Å². The van der Waals surface area contributed by atoms with E-state index in [0.717, 1.165) is 0 Å². The van der Waals surface area contributed by atoms with Crippen LogP contribution in [0.4, 0.5) is 0 Å². The zero-order valence-electron chi connectivity index (χ0n) is 10.0. The van der Waals surface area contributed by atoms with E-state index in [4.69, 9.17) is 5.11 Å². The summed E-state index contributed by atoms with van der Waals surface area (Å²) in [6.07, 6.45) is 2.71. The third-order valence-corrected chi connectivity index (χ3v) is 2.19. The lowest BCUT2D eigenvalue weighted by molar-refractivity contribution is -0.145. The highest BCUT2D eigenvalue weighted by molar-refractivity contribution is 5.83. The van der Waals surface area contributed by atoms with Crippen molar-refractivity contribution in [1.82, 2.24) is 20.1 Å². The predicted molar refractivity (Wildman–Crippen MR) is 59.0 cm³/mol. The second-order valence-electron chi connectivity index (χ2n) is 4.80. The van der Waals surface area contributed by atoms with Crippen molar-refractivity contribution in [3.05, 3.63) is 12.7 Å². The number of aliphatic carboxylic acids is 1. The summed E-state index contributed by atoms with van der Waals surface area (Å²) in [5, 5.41) is 15.3. The molecule has 0 saturated heterocycles. The van der Waals surface area contributed by atoms with Gasteiger partial charge in [0, 0.05) is 0 Å². The molecule has 94 valence electrons. The molecular formula is C10H16N4O3. The molecule has 2 N–H and O–H groups in total. The standard InChI is InChI=1S/C10H16N4O3/c1-10(2,3)8(9(16)17)13-7(15)4-14-6-11-5-12-14/h5-6,8H,4H2,1-3H3,(H,13,15)(H,16,17)/t8-/m0/s1. The Bertz CT molecular complexity index is 394. The Labute approximate surface area is 98.8 Å². The summed E-state index contributed by atoms with van der Waals surface area (Å²) in [7, 11) is 0. The number of amides is 1. The van der Waals surface area contributed by atoms with E-state index in [-0.39, 0.29) is 6.54 Å². The van der Waals surface area contributed by atoms with Gasteiger partial charge in [0.1, 0.15) is 25.2 Å². The third-order valence-electron chi connectivity index (χ3n) is 2.19. The van der Waals surface area contributed by atoms with Gasteiger partial charge < -0.3 is 10.4 Å². The first kappa shape index (κ1) is 13.1. The van der Waals surface area contributed by atoms with Crippen LogP contribution in [0.1, 0.15) is 20.8 Å². The predicted octanol–water partition coefficient (Wildman–Crippen LogP) is -0.106. The molecule has 1 aromatic heterocycles. The number of carboxylic acid groups (broad SMARTS) is 1. The van der Waals surface area contributed by atoms with Crippen LogP contribution in [0, 0.1) is 5.41 Å². The fraction of sp³-hybridized carbons (Fsp3) is 0.600. The van der Waals surface area contributed by atoms with Gasteiger partial charge in [-0.25, -0.2) is 14.5 Å². The summed E-state index contributed by atoms with van der Waals surface area (Å²) in [4.78, 5) is 26.3. The lowest BCUT2D eigenvalue weighted by atomic mass is 9.87. The van der Waals surface area contributed by atoms with Crippen molar-refractivity contribution in [1.29, 1.82) is 0 Å². The Hall–Kier alpha value is -1.92. The van der Waals surface area contributed by atoms with Crippen molar-refractivity contribution >= 4 is 11.9 Å². The second kappa shape index (κ2) is 4.94. The van der Waals surface area contributed by atoms with Crippen LogP contribution in [0.25, 0.3) is 0 Å². The fourth-order valence-electron chi connectivity index (χ4n) is 1.32. The van der Waals surface area contributed by atoms with Crippen molar-refractivity contribution < 1.29 is 14.7 Å². The topological polar surface area (TPSA) is 97.1 Å². The number of nitrogens with one attached hydrogen (secondary N) is 1. The first-order valence-corrected chi connectivity index (χ1v) is 5.15. The number of carbonyl (C=O) groups is 2. The molecular weight excluding hydrogens is 224 g/mol. The quantitative estimate of drug-likeness (QED) is 0.765. The van der Waals surface area contributed by atoms with Crippen LogP contribution in [0.2, 0.25) is 0 Å². The summed E-state index contributed by atoms with van der Waals surface area (Å²) in [6, 6.07) is -0.932. The van der Waals surface area contributed by atoms with Gasteiger partial charge in [-0.15, -0.1) is 0 Å². The number of carboxylic acids is 1. The molecule has 0 unspecified atom stereocenters. The Morgan fingerprint density at radius 3 is 2.53 bits per heavy atom. The number of hydrogen-bond acceptors (Lipinski definition) is 4. The average Bonchev–Trinajstić information content (AvgIpc) is 2.64. The summed E-state index contributed by atoms with van der Waals surface area (Å²) < 4.78 is 1.33. The molecule has 7 heteroatoms. The van der Waals surface area contributed by atoms with Crippen LogP contribution < -0.4 is 5.32 Å². The summed E-state index contributed by atoms with van der Waals surface area (Å²) >= 11 is 0. The monoisotopic (exact) mass is 240 g/mol. The maximum Gasteiger partial charge on any atom is 0.326 e. The van der Waals surface area contributed by atoms with E-state index in [1.54, 1.807) is 20.8 Å². The molecule has 17 heavy (non-hydrogen) atoms. The molecule has 0 bridgehead atoms. The van der Waals surface area contributed by atoms with Crippen LogP contribution in [0.3, 0.4) is 0 Å². The zero-order valence-corrected chi connectivity index (χ0v) is 10.0. The summed E-state index contributed by atoms with van der Waals surface area (Å²) in [6.45, 7) is 5.21. The van der Waals surface area contributed by atoms with Gasteiger partial charge in [0.05, 0.1) is 0 Å². The SMILES string of the molecule is CC(C)(C)[C@@H](NC(=O)Cn1cncn1)C(=O)O. The van der Waals surface area contributed by atoms with E-state index in [0.29, 0.717) is 0 Å². The minimum absolute atomic E-state index is 0.0418. The highest BCUT2D eigenvalue weighted by Gasteiger charge is 2.32. The highest BCUT2D eigenvalue weighted by Crippen LogP contribution is 2.19.